The largest absolute Gasteiger partial charge is 0.371 e. The van der Waals surface area contributed by atoms with E-state index in [0.29, 0.717) is 6.54 Å². The molecule has 4 nitrogen and oxygen atoms in total. The zero-order valence-electron chi connectivity index (χ0n) is 14.9. The van der Waals surface area contributed by atoms with Crippen molar-refractivity contribution in [2.45, 2.75) is 18.9 Å². The van der Waals surface area contributed by atoms with E-state index in [0.717, 1.165) is 38.2 Å². The molecule has 2 aromatic rings. The molecule has 26 heavy (non-hydrogen) atoms. The molecular weight excluding hydrogens is 331 g/mol. The third-order valence-corrected chi connectivity index (χ3v) is 4.57. The minimum Gasteiger partial charge on any atom is -0.371 e. The molecule has 5 heteroatoms. The molecule has 0 aromatic heterocycles. The molecule has 2 aromatic carbocycles. The molecule has 1 aliphatic heterocycles. The minimum absolute atomic E-state index is 0.0271. The minimum atomic E-state index is -0.284. The van der Waals surface area contributed by atoms with Gasteiger partial charge < -0.3 is 10.1 Å². The van der Waals surface area contributed by atoms with Gasteiger partial charge in [-0.3, -0.25) is 9.69 Å². The number of nitrogens with one attached hydrogen (secondary N) is 1. The molecule has 1 N–H and O–H groups in total. The Bertz CT molecular complexity index is 691. The molecule has 1 atom stereocenters. The number of nitrogens with zero attached hydrogens (tertiary/aromatic N) is 1. The number of ether oxygens (including phenoxy) is 1. The number of amides is 1. The average Bonchev–Trinajstić information content (AvgIpc) is 2.68. The fourth-order valence-corrected chi connectivity index (χ4v) is 3.16. The van der Waals surface area contributed by atoms with Crippen LogP contribution in [0.15, 0.2) is 54.6 Å². The van der Waals surface area contributed by atoms with Crippen molar-refractivity contribution in [3.8, 4) is 0 Å². The summed E-state index contributed by atoms with van der Waals surface area (Å²) in [6, 6.07) is 16.3. The van der Waals surface area contributed by atoms with Gasteiger partial charge in [0.25, 0.3) is 0 Å². The second-order valence-corrected chi connectivity index (χ2v) is 6.58. The summed E-state index contributed by atoms with van der Waals surface area (Å²) in [5, 5.41) is 2.94. The second kappa shape index (κ2) is 9.46. The van der Waals surface area contributed by atoms with Crippen molar-refractivity contribution in [3.05, 3.63) is 71.5 Å². The van der Waals surface area contributed by atoms with E-state index in [2.05, 4.69) is 22.3 Å². The van der Waals surface area contributed by atoms with Gasteiger partial charge in [0.1, 0.15) is 5.82 Å². The van der Waals surface area contributed by atoms with Gasteiger partial charge in [-0.2, -0.15) is 0 Å². The summed E-state index contributed by atoms with van der Waals surface area (Å²) in [5.41, 5.74) is 2.03. The zero-order valence-corrected chi connectivity index (χ0v) is 14.9. The van der Waals surface area contributed by atoms with Gasteiger partial charge in [0.2, 0.25) is 5.91 Å². The highest BCUT2D eigenvalue weighted by Crippen LogP contribution is 2.21. The molecule has 1 aliphatic rings. The molecule has 0 radical (unpaired) electrons. The van der Waals surface area contributed by atoms with E-state index < -0.39 is 0 Å². The average molecular weight is 356 g/mol. The quantitative estimate of drug-likeness (QED) is 0.776. The van der Waals surface area contributed by atoms with Gasteiger partial charge in [0, 0.05) is 26.2 Å². The van der Waals surface area contributed by atoms with Crippen molar-refractivity contribution in [1.29, 1.82) is 0 Å². The molecule has 1 heterocycles. The van der Waals surface area contributed by atoms with Crippen LogP contribution in [-0.4, -0.2) is 43.6 Å². The molecule has 1 amide bonds. The highest BCUT2D eigenvalue weighted by molar-refractivity contribution is 5.78. The fourth-order valence-electron chi connectivity index (χ4n) is 3.16. The molecule has 1 fully saturated rings. The Morgan fingerprint density at radius 2 is 1.92 bits per heavy atom. The Morgan fingerprint density at radius 3 is 2.69 bits per heavy atom. The molecule has 0 saturated carbocycles. The molecule has 0 spiro atoms. The van der Waals surface area contributed by atoms with Crippen LogP contribution in [0.25, 0.3) is 0 Å². The third kappa shape index (κ3) is 5.64. The second-order valence-electron chi connectivity index (χ2n) is 6.58. The van der Waals surface area contributed by atoms with Gasteiger partial charge in [-0.1, -0.05) is 42.5 Å². The van der Waals surface area contributed by atoms with Crippen molar-refractivity contribution >= 4 is 5.91 Å². The number of morpholine rings is 1. The van der Waals surface area contributed by atoms with Crippen molar-refractivity contribution in [1.82, 2.24) is 10.2 Å². The van der Waals surface area contributed by atoms with Crippen LogP contribution < -0.4 is 5.32 Å². The third-order valence-electron chi connectivity index (χ3n) is 4.57. The van der Waals surface area contributed by atoms with Crippen molar-refractivity contribution in [2.24, 2.45) is 0 Å². The highest BCUT2D eigenvalue weighted by Gasteiger charge is 2.21. The van der Waals surface area contributed by atoms with Crippen LogP contribution in [0.4, 0.5) is 4.39 Å². The highest BCUT2D eigenvalue weighted by atomic mass is 19.1. The summed E-state index contributed by atoms with van der Waals surface area (Å²) in [7, 11) is 0. The standard InChI is InChI=1S/C21H25FN2O2/c22-19-9-7-17(8-10-19)15-21(25)23-11-4-12-24-13-14-26-20(16-24)18-5-2-1-3-6-18/h1-3,5-10,20H,4,11-16H2,(H,23,25). The predicted molar refractivity (Wildman–Crippen MR) is 99.3 cm³/mol. The Kier molecular flexibility index (Phi) is 6.75. The van der Waals surface area contributed by atoms with Crippen molar-refractivity contribution < 1.29 is 13.9 Å². The number of halogens is 1. The number of benzene rings is 2. The van der Waals surface area contributed by atoms with Gasteiger partial charge in [-0.25, -0.2) is 4.39 Å². The van der Waals surface area contributed by atoms with Gasteiger partial charge in [-0.15, -0.1) is 0 Å². The maximum absolute atomic E-state index is 12.9. The van der Waals surface area contributed by atoms with Crippen LogP contribution in [0.1, 0.15) is 23.7 Å². The van der Waals surface area contributed by atoms with Crippen LogP contribution >= 0.6 is 0 Å². The van der Waals surface area contributed by atoms with Crippen LogP contribution in [0.3, 0.4) is 0 Å². The monoisotopic (exact) mass is 356 g/mol. The van der Waals surface area contributed by atoms with E-state index in [9.17, 15) is 9.18 Å². The predicted octanol–water partition coefficient (Wildman–Crippen LogP) is 2.95. The van der Waals surface area contributed by atoms with E-state index in [1.54, 1.807) is 12.1 Å². The number of hydrogen-bond donors (Lipinski definition) is 1. The Morgan fingerprint density at radius 1 is 1.15 bits per heavy atom. The summed E-state index contributed by atoms with van der Waals surface area (Å²) < 4.78 is 18.7. The normalized spacial score (nSPS) is 17.8. The topological polar surface area (TPSA) is 41.6 Å². The number of rotatable bonds is 7. The lowest BCUT2D eigenvalue weighted by Gasteiger charge is -2.33. The lowest BCUT2D eigenvalue weighted by Crippen LogP contribution is -2.40. The molecule has 0 bridgehead atoms. The summed E-state index contributed by atoms with van der Waals surface area (Å²) in [6.07, 6.45) is 1.31. The Hall–Kier alpha value is -2.24. The molecular formula is C21H25FN2O2. The van der Waals surface area contributed by atoms with Crippen LogP contribution in [0.2, 0.25) is 0 Å². The first-order chi connectivity index (χ1) is 12.7. The molecule has 0 aliphatic carbocycles. The van der Waals surface area contributed by atoms with Gasteiger partial charge in [-0.05, 0) is 29.7 Å². The van der Waals surface area contributed by atoms with Crippen LogP contribution in [-0.2, 0) is 16.0 Å². The maximum atomic E-state index is 12.9. The summed E-state index contributed by atoms with van der Waals surface area (Å²) in [4.78, 5) is 14.3. The number of hydrogen-bond acceptors (Lipinski definition) is 3. The van der Waals surface area contributed by atoms with Gasteiger partial charge >= 0.3 is 0 Å². The number of carbonyl (C=O) groups is 1. The SMILES string of the molecule is O=C(Cc1ccc(F)cc1)NCCCN1CCOC(c2ccccc2)C1. The first-order valence-electron chi connectivity index (χ1n) is 9.11. The van der Waals surface area contributed by atoms with Gasteiger partial charge in [0.15, 0.2) is 0 Å². The summed E-state index contributed by atoms with van der Waals surface area (Å²) in [5.74, 6) is -0.311. The fraction of sp³-hybridized carbons (Fsp3) is 0.381. The molecule has 1 saturated heterocycles. The van der Waals surface area contributed by atoms with E-state index in [1.165, 1.54) is 17.7 Å². The van der Waals surface area contributed by atoms with E-state index in [4.69, 9.17) is 4.74 Å². The summed E-state index contributed by atoms with van der Waals surface area (Å²) in [6.45, 7) is 4.12. The zero-order chi connectivity index (χ0) is 18.2. The van der Waals surface area contributed by atoms with Gasteiger partial charge in [0.05, 0.1) is 19.1 Å². The molecule has 138 valence electrons. The molecule has 1 unspecified atom stereocenters. The first kappa shape index (κ1) is 18.5. The van der Waals surface area contributed by atoms with Crippen molar-refractivity contribution in [3.63, 3.8) is 0 Å². The van der Waals surface area contributed by atoms with E-state index in [1.807, 2.05) is 18.2 Å². The van der Waals surface area contributed by atoms with E-state index >= 15 is 0 Å². The Labute approximate surface area is 154 Å². The molecule has 3 rings (SSSR count). The number of carbonyl (C=O) groups excluding carboxylic acids is 1. The lowest BCUT2D eigenvalue weighted by molar-refractivity contribution is -0.120. The smallest absolute Gasteiger partial charge is 0.224 e. The maximum Gasteiger partial charge on any atom is 0.224 e. The van der Waals surface area contributed by atoms with Crippen LogP contribution in [0, 0.1) is 5.82 Å². The van der Waals surface area contributed by atoms with Crippen molar-refractivity contribution in [2.75, 3.05) is 32.8 Å². The first-order valence-corrected chi connectivity index (χ1v) is 9.11. The summed E-state index contributed by atoms with van der Waals surface area (Å²) >= 11 is 0. The van der Waals surface area contributed by atoms with E-state index in [-0.39, 0.29) is 24.2 Å². The Balaban J connectivity index is 1.35. The van der Waals surface area contributed by atoms with Crippen LogP contribution in [0.5, 0.6) is 0 Å². The lowest BCUT2D eigenvalue weighted by atomic mass is 10.1.